The lowest BCUT2D eigenvalue weighted by atomic mass is 9.99. The van der Waals surface area contributed by atoms with Crippen molar-refractivity contribution in [3.63, 3.8) is 0 Å². The van der Waals surface area contributed by atoms with Crippen molar-refractivity contribution in [1.82, 2.24) is 9.80 Å². The molecule has 0 aliphatic carbocycles. The molecule has 0 spiro atoms. The SMILES string of the molecule is BrCCCCN1CCN2CCCCC2C1. The average Bonchev–Trinajstić information content (AvgIpc) is 2.29. The van der Waals surface area contributed by atoms with E-state index in [0.29, 0.717) is 0 Å². The topological polar surface area (TPSA) is 6.48 Å². The first-order valence-electron chi connectivity index (χ1n) is 6.42. The zero-order valence-corrected chi connectivity index (χ0v) is 11.2. The Hall–Kier alpha value is 0.400. The summed E-state index contributed by atoms with van der Waals surface area (Å²) in [7, 11) is 0. The molecule has 0 aromatic rings. The average molecular weight is 275 g/mol. The molecule has 0 N–H and O–H groups in total. The number of alkyl halides is 1. The maximum atomic E-state index is 3.50. The van der Waals surface area contributed by atoms with Gasteiger partial charge in [0.15, 0.2) is 0 Å². The number of halogens is 1. The highest BCUT2D eigenvalue weighted by Gasteiger charge is 2.28. The minimum Gasteiger partial charge on any atom is -0.301 e. The van der Waals surface area contributed by atoms with Crippen LogP contribution in [0.2, 0.25) is 0 Å². The van der Waals surface area contributed by atoms with E-state index in [1.54, 1.807) is 0 Å². The molecule has 2 aliphatic heterocycles. The van der Waals surface area contributed by atoms with Crippen molar-refractivity contribution in [1.29, 1.82) is 0 Å². The van der Waals surface area contributed by atoms with Gasteiger partial charge < -0.3 is 4.90 Å². The van der Waals surface area contributed by atoms with E-state index >= 15 is 0 Å². The normalized spacial score (nSPS) is 29.0. The van der Waals surface area contributed by atoms with E-state index in [1.165, 1.54) is 64.8 Å². The number of rotatable bonds is 4. The molecule has 0 saturated carbocycles. The second kappa shape index (κ2) is 6.21. The quantitative estimate of drug-likeness (QED) is 0.574. The Balaban J connectivity index is 1.71. The number of hydrogen-bond donors (Lipinski definition) is 0. The Morgan fingerprint density at radius 2 is 2.00 bits per heavy atom. The van der Waals surface area contributed by atoms with Crippen LogP contribution in [0.15, 0.2) is 0 Å². The monoisotopic (exact) mass is 274 g/mol. The standard InChI is InChI=1S/C12H23BrN2/c13-6-2-4-7-14-9-10-15-8-3-1-5-12(15)11-14/h12H,1-11H2. The second-order valence-corrected chi connectivity index (χ2v) is 5.68. The molecule has 3 heteroatoms. The predicted molar refractivity (Wildman–Crippen MR) is 68.7 cm³/mol. The Morgan fingerprint density at radius 1 is 1.07 bits per heavy atom. The highest BCUT2D eigenvalue weighted by molar-refractivity contribution is 9.09. The summed E-state index contributed by atoms with van der Waals surface area (Å²) in [6, 6.07) is 0.886. The molecule has 2 heterocycles. The van der Waals surface area contributed by atoms with E-state index in [1.807, 2.05) is 0 Å². The Bertz CT molecular complexity index is 184. The highest BCUT2D eigenvalue weighted by atomic mass is 79.9. The predicted octanol–water partition coefficient (Wildman–Crippen LogP) is 2.33. The molecular weight excluding hydrogens is 252 g/mol. The molecule has 1 unspecified atom stereocenters. The molecule has 2 aliphatic rings. The number of piperidine rings is 1. The van der Waals surface area contributed by atoms with Gasteiger partial charge in [-0.3, -0.25) is 4.90 Å². The molecular formula is C12H23BrN2. The van der Waals surface area contributed by atoms with Gasteiger partial charge in [-0.1, -0.05) is 22.4 Å². The van der Waals surface area contributed by atoms with Gasteiger partial charge >= 0.3 is 0 Å². The summed E-state index contributed by atoms with van der Waals surface area (Å²) in [6.07, 6.45) is 7.01. The molecule has 2 saturated heterocycles. The van der Waals surface area contributed by atoms with Crippen LogP contribution in [0.1, 0.15) is 32.1 Å². The zero-order chi connectivity index (χ0) is 10.5. The van der Waals surface area contributed by atoms with Crippen molar-refractivity contribution in [2.24, 2.45) is 0 Å². The molecule has 1 atom stereocenters. The van der Waals surface area contributed by atoms with Crippen LogP contribution in [-0.2, 0) is 0 Å². The van der Waals surface area contributed by atoms with Gasteiger partial charge in [0.2, 0.25) is 0 Å². The summed E-state index contributed by atoms with van der Waals surface area (Å²) < 4.78 is 0. The smallest absolute Gasteiger partial charge is 0.0223 e. The lowest BCUT2D eigenvalue weighted by Gasteiger charge is -2.44. The van der Waals surface area contributed by atoms with Crippen LogP contribution in [0.4, 0.5) is 0 Å². The summed E-state index contributed by atoms with van der Waals surface area (Å²) in [5, 5.41) is 1.16. The Kier molecular flexibility index (Phi) is 4.92. The molecule has 2 rings (SSSR count). The third-order valence-electron chi connectivity index (χ3n) is 3.78. The molecule has 0 aromatic heterocycles. The first kappa shape index (κ1) is 11.9. The lowest BCUT2D eigenvalue weighted by molar-refractivity contribution is 0.0489. The summed E-state index contributed by atoms with van der Waals surface area (Å²) in [5.41, 5.74) is 0. The van der Waals surface area contributed by atoms with E-state index in [9.17, 15) is 0 Å². The van der Waals surface area contributed by atoms with Crippen molar-refractivity contribution in [3.8, 4) is 0 Å². The minimum atomic E-state index is 0.886. The summed E-state index contributed by atoms with van der Waals surface area (Å²) >= 11 is 3.50. The molecule has 2 nitrogen and oxygen atoms in total. The zero-order valence-electron chi connectivity index (χ0n) is 9.63. The number of piperazine rings is 1. The van der Waals surface area contributed by atoms with Crippen molar-refractivity contribution in [2.45, 2.75) is 38.1 Å². The fraction of sp³-hybridized carbons (Fsp3) is 1.00. The fourth-order valence-corrected chi connectivity index (χ4v) is 3.25. The number of hydrogen-bond acceptors (Lipinski definition) is 2. The molecule has 2 fully saturated rings. The van der Waals surface area contributed by atoms with Gasteiger partial charge in [-0.05, 0) is 38.8 Å². The molecule has 15 heavy (non-hydrogen) atoms. The van der Waals surface area contributed by atoms with E-state index < -0.39 is 0 Å². The first-order valence-corrected chi connectivity index (χ1v) is 7.54. The van der Waals surface area contributed by atoms with Crippen LogP contribution < -0.4 is 0 Å². The summed E-state index contributed by atoms with van der Waals surface area (Å²) in [6.45, 7) is 6.63. The van der Waals surface area contributed by atoms with Gasteiger partial charge in [0.05, 0.1) is 0 Å². The van der Waals surface area contributed by atoms with E-state index in [2.05, 4.69) is 25.7 Å². The maximum Gasteiger partial charge on any atom is 0.0223 e. The molecule has 0 amide bonds. The summed E-state index contributed by atoms with van der Waals surface area (Å²) in [4.78, 5) is 5.39. The minimum absolute atomic E-state index is 0.886. The number of fused-ring (bicyclic) bond motifs is 1. The van der Waals surface area contributed by atoms with Crippen LogP contribution in [0, 0.1) is 0 Å². The maximum absolute atomic E-state index is 3.50. The van der Waals surface area contributed by atoms with Crippen molar-refractivity contribution in [2.75, 3.05) is 38.1 Å². The second-order valence-electron chi connectivity index (χ2n) is 4.88. The number of nitrogens with zero attached hydrogens (tertiary/aromatic N) is 2. The Morgan fingerprint density at radius 3 is 2.87 bits per heavy atom. The van der Waals surface area contributed by atoms with Gasteiger partial charge in [0.25, 0.3) is 0 Å². The van der Waals surface area contributed by atoms with Gasteiger partial charge in [0, 0.05) is 31.0 Å². The molecule has 0 radical (unpaired) electrons. The first-order chi connectivity index (χ1) is 7.40. The molecule has 0 bridgehead atoms. The van der Waals surface area contributed by atoms with Gasteiger partial charge in [0.1, 0.15) is 0 Å². The molecule has 0 aromatic carbocycles. The van der Waals surface area contributed by atoms with E-state index in [4.69, 9.17) is 0 Å². The lowest BCUT2D eigenvalue weighted by Crippen LogP contribution is -2.54. The van der Waals surface area contributed by atoms with E-state index in [-0.39, 0.29) is 0 Å². The van der Waals surface area contributed by atoms with Crippen LogP contribution in [0.25, 0.3) is 0 Å². The molecule has 88 valence electrons. The highest BCUT2D eigenvalue weighted by Crippen LogP contribution is 2.21. The Labute approximate surface area is 102 Å². The van der Waals surface area contributed by atoms with Crippen LogP contribution >= 0.6 is 15.9 Å². The number of unbranched alkanes of at least 4 members (excludes halogenated alkanes) is 1. The van der Waals surface area contributed by atoms with Crippen LogP contribution in [0.5, 0.6) is 0 Å². The van der Waals surface area contributed by atoms with Crippen LogP contribution in [0.3, 0.4) is 0 Å². The van der Waals surface area contributed by atoms with Crippen molar-refractivity contribution >= 4 is 15.9 Å². The van der Waals surface area contributed by atoms with Gasteiger partial charge in [-0.15, -0.1) is 0 Å². The fourth-order valence-electron chi connectivity index (χ4n) is 2.85. The van der Waals surface area contributed by atoms with E-state index in [0.717, 1.165) is 11.4 Å². The van der Waals surface area contributed by atoms with Crippen molar-refractivity contribution in [3.05, 3.63) is 0 Å². The largest absolute Gasteiger partial charge is 0.301 e. The van der Waals surface area contributed by atoms with Gasteiger partial charge in [-0.2, -0.15) is 0 Å². The van der Waals surface area contributed by atoms with Crippen LogP contribution in [-0.4, -0.2) is 53.9 Å². The van der Waals surface area contributed by atoms with Crippen molar-refractivity contribution < 1.29 is 0 Å². The third kappa shape index (κ3) is 3.43. The van der Waals surface area contributed by atoms with Gasteiger partial charge in [-0.25, -0.2) is 0 Å². The third-order valence-corrected chi connectivity index (χ3v) is 4.34. The summed E-state index contributed by atoms with van der Waals surface area (Å²) in [5.74, 6) is 0.